The number of hydrogen-bond donors (Lipinski definition) is 2. The molecule has 0 aliphatic rings. The average molecular weight is 262 g/mol. The minimum atomic E-state index is -0.789. The second-order valence-electron chi connectivity index (χ2n) is 5.48. The Hall–Kier alpha value is -2.04. The van der Waals surface area contributed by atoms with E-state index >= 15 is 0 Å². The lowest BCUT2D eigenvalue weighted by molar-refractivity contribution is -0.139. The Morgan fingerprint density at radius 1 is 1.47 bits per heavy atom. The van der Waals surface area contributed by atoms with Crippen LogP contribution in [0.2, 0.25) is 0 Å². The lowest BCUT2D eigenvalue weighted by Crippen LogP contribution is -2.20. The molecule has 102 valence electrons. The van der Waals surface area contributed by atoms with E-state index in [1.807, 2.05) is 32.0 Å². The van der Waals surface area contributed by atoms with Crippen LogP contribution in [-0.4, -0.2) is 28.2 Å². The van der Waals surface area contributed by atoms with Gasteiger partial charge in [0, 0.05) is 12.5 Å². The SMILES string of the molecule is COc1ccc2nc(CC(C)(C)CC(=O)O)[nH]c2c1. The molecular weight excluding hydrogens is 244 g/mol. The molecule has 5 nitrogen and oxygen atoms in total. The van der Waals surface area contributed by atoms with Crippen LogP contribution in [0.15, 0.2) is 18.2 Å². The second kappa shape index (κ2) is 4.91. The third kappa shape index (κ3) is 3.24. The van der Waals surface area contributed by atoms with Crippen LogP contribution in [-0.2, 0) is 11.2 Å². The smallest absolute Gasteiger partial charge is 0.303 e. The molecule has 0 unspecified atom stereocenters. The number of fused-ring (bicyclic) bond motifs is 1. The molecule has 5 heteroatoms. The van der Waals surface area contributed by atoms with E-state index in [2.05, 4.69) is 9.97 Å². The van der Waals surface area contributed by atoms with Crippen LogP contribution in [0.5, 0.6) is 5.75 Å². The topological polar surface area (TPSA) is 75.2 Å². The Kier molecular flexibility index (Phi) is 3.46. The number of nitrogens with zero attached hydrogens (tertiary/aromatic N) is 1. The standard InChI is InChI=1S/C14H18N2O3/c1-14(2,8-13(17)18)7-12-15-10-5-4-9(19-3)6-11(10)16-12/h4-6H,7-8H2,1-3H3,(H,15,16)(H,17,18). The van der Waals surface area contributed by atoms with E-state index in [0.717, 1.165) is 22.6 Å². The van der Waals surface area contributed by atoms with E-state index in [1.165, 1.54) is 0 Å². The molecule has 2 rings (SSSR count). The maximum atomic E-state index is 10.8. The number of aromatic amines is 1. The summed E-state index contributed by atoms with van der Waals surface area (Å²) in [7, 11) is 1.62. The largest absolute Gasteiger partial charge is 0.497 e. The zero-order valence-corrected chi connectivity index (χ0v) is 11.4. The predicted molar refractivity (Wildman–Crippen MR) is 72.4 cm³/mol. The number of nitrogens with one attached hydrogen (secondary N) is 1. The van der Waals surface area contributed by atoms with Crippen molar-refractivity contribution < 1.29 is 14.6 Å². The number of H-pyrrole nitrogens is 1. The lowest BCUT2D eigenvalue weighted by Gasteiger charge is -2.20. The van der Waals surface area contributed by atoms with Crippen LogP contribution in [0.1, 0.15) is 26.1 Å². The van der Waals surface area contributed by atoms with E-state index in [9.17, 15) is 4.79 Å². The summed E-state index contributed by atoms with van der Waals surface area (Å²) in [5.74, 6) is 0.782. The Bertz CT molecular complexity index is 602. The number of aromatic nitrogens is 2. The van der Waals surface area contributed by atoms with E-state index in [1.54, 1.807) is 7.11 Å². The minimum Gasteiger partial charge on any atom is -0.497 e. The number of ether oxygens (including phenoxy) is 1. The number of carboxylic acids is 1. The first kappa shape index (κ1) is 13.4. The van der Waals surface area contributed by atoms with Crippen molar-refractivity contribution in [2.75, 3.05) is 7.11 Å². The fraction of sp³-hybridized carbons (Fsp3) is 0.429. The molecule has 0 spiro atoms. The van der Waals surface area contributed by atoms with E-state index in [-0.39, 0.29) is 11.8 Å². The summed E-state index contributed by atoms with van der Waals surface area (Å²) in [6.07, 6.45) is 0.712. The number of carboxylic acid groups (broad SMARTS) is 1. The summed E-state index contributed by atoms with van der Waals surface area (Å²) in [4.78, 5) is 18.5. The maximum absolute atomic E-state index is 10.8. The summed E-state index contributed by atoms with van der Waals surface area (Å²) in [5.41, 5.74) is 1.44. The molecule has 0 fully saturated rings. The Labute approximate surface area is 111 Å². The van der Waals surface area contributed by atoms with Gasteiger partial charge in [-0.1, -0.05) is 13.8 Å². The number of imidazole rings is 1. The minimum absolute atomic E-state index is 0.118. The highest BCUT2D eigenvalue weighted by Crippen LogP contribution is 2.26. The quantitative estimate of drug-likeness (QED) is 0.868. The van der Waals surface area contributed by atoms with Crippen LogP contribution in [0.3, 0.4) is 0 Å². The molecule has 0 aliphatic carbocycles. The number of aliphatic carboxylic acids is 1. The normalized spacial score (nSPS) is 11.7. The van der Waals surface area contributed by atoms with Gasteiger partial charge in [-0.25, -0.2) is 4.98 Å². The molecular formula is C14H18N2O3. The van der Waals surface area contributed by atoms with E-state index < -0.39 is 5.97 Å². The second-order valence-corrected chi connectivity index (χ2v) is 5.48. The van der Waals surface area contributed by atoms with Gasteiger partial charge >= 0.3 is 5.97 Å². The molecule has 0 atom stereocenters. The highest BCUT2D eigenvalue weighted by atomic mass is 16.5. The molecule has 0 radical (unpaired) electrons. The van der Waals surface area contributed by atoms with Crippen molar-refractivity contribution in [3.8, 4) is 5.75 Å². The van der Waals surface area contributed by atoms with Gasteiger partial charge in [0.1, 0.15) is 11.6 Å². The molecule has 19 heavy (non-hydrogen) atoms. The van der Waals surface area contributed by atoms with Crippen LogP contribution in [0.4, 0.5) is 0 Å². The maximum Gasteiger partial charge on any atom is 0.303 e. The molecule has 0 amide bonds. The molecule has 0 saturated carbocycles. The third-order valence-corrected chi connectivity index (χ3v) is 3.01. The summed E-state index contributed by atoms with van der Waals surface area (Å²) in [6.45, 7) is 3.85. The van der Waals surface area contributed by atoms with Crippen LogP contribution >= 0.6 is 0 Å². The zero-order chi connectivity index (χ0) is 14.0. The molecule has 1 aromatic heterocycles. The van der Waals surface area contributed by atoms with Crippen molar-refractivity contribution in [3.63, 3.8) is 0 Å². The van der Waals surface area contributed by atoms with Crippen LogP contribution in [0.25, 0.3) is 11.0 Å². The Balaban J connectivity index is 2.24. The third-order valence-electron chi connectivity index (χ3n) is 3.01. The fourth-order valence-electron chi connectivity index (χ4n) is 2.18. The highest BCUT2D eigenvalue weighted by molar-refractivity contribution is 5.76. The van der Waals surface area contributed by atoms with Crippen LogP contribution in [0, 0.1) is 5.41 Å². The number of hydrogen-bond acceptors (Lipinski definition) is 3. The van der Waals surface area contributed by atoms with E-state index in [0.29, 0.717) is 6.42 Å². The number of carbonyl (C=O) groups is 1. The number of benzene rings is 1. The molecule has 0 bridgehead atoms. The lowest BCUT2D eigenvalue weighted by atomic mass is 9.85. The Morgan fingerprint density at radius 3 is 2.84 bits per heavy atom. The Morgan fingerprint density at radius 2 is 2.21 bits per heavy atom. The van der Waals surface area contributed by atoms with Crippen LogP contribution < -0.4 is 4.74 Å². The van der Waals surface area contributed by atoms with Gasteiger partial charge in [0.25, 0.3) is 0 Å². The first-order valence-electron chi connectivity index (χ1n) is 6.14. The molecule has 2 aromatic rings. The predicted octanol–water partition coefficient (Wildman–Crippen LogP) is 2.61. The fourth-order valence-corrected chi connectivity index (χ4v) is 2.18. The first-order valence-corrected chi connectivity index (χ1v) is 6.14. The van der Waals surface area contributed by atoms with Gasteiger partial charge in [0.2, 0.25) is 0 Å². The van der Waals surface area contributed by atoms with Crippen molar-refractivity contribution in [2.45, 2.75) is 26.7 Å². The zero-order valence-electron chi connectivity index (χ0n) is 11.4. The summed E-state index contributed by atoms with van der Waals surface area (Å²) in [6, 6.07) is 5.63. The van der Waals surface area contributed by atoms with Gasteiger partial charge in [-0.3, -0.25) is 4.79 Å². The first-order chi connectivity index (χ1) is 8.89. The molecule has 2 N–H and O–H groups in total. The highest BCUT2D eigenvalue weighted by Gasteiger charge is 2.23. The number of rotatable bonds is 5. The van der Waals surface area contributed by atoms with Crippen molar-refractivity contribution in [3.05, 3.63) is 24.0 Å². The van der Waals surface area contributed by atoms with Crippen molar-refractivity contribution in [2.24, 2.45) is 5.41 Å². The van der Waals surface area contributed by atoms with Gasteiger partial charge in [-0.05, 0) is 17.5 Å². The molecule has 1 aromatic carbocycles. The average Bonchev–Trinajstić information content (AvgIpc) is 2.66. The summed E-state index contributed by atoms with van der Waals surface area (Å²) >= 11 is 0. The van der Waals surface area contributed by atoms with Crippen molar-refractivity contribution >= 4 is 17.0 Å². The molecule has 1 heterocycles. The van der Waals surface area contributed by atoms with E-state index in [4.69, 9.17) is 9.84 Å². The summed E-state index contributed by atoms with van der Waals surface area (Å²) < 4.78 is 5.16. The monoisotopic (exact) mass is 262 g/mol. The van der Waals surface area contributed by atoms with Gasteiger partial charge in [-0.2, -0.15) is 0 Å². The molecule has 0 aliphatic heterocycles. The van der Waals surface area contributed by atoms with Crippen molar-refractivity contribution in [1.29, 1.82) is 0 Å². The van der Waals surface area contributed by atoms with Gasteiger partial charge in [0.15, 0.2) is 0 Å². The van der Waals surface area contributed by atoms with Gasteiger partial charge in [-0.15, -0.1) is 0 Å². The molecule has 0 saturated heterocycles. The number of methoxy groups -OCH3 is 1. The van der Waals surface area contributed by atoms with Gasteiger partial charge in [0.05, 0.1) is 24.6 Å². The van der Waals surface area contributed by atoms with Gasteiger partial charge < -0.3 is 14.8 Å². The summed E-state index contributed by atoms with van der Waals surface area (Å²) in [5, 5.41) is 8.89. The van der Waals surface area contributed by atoms with Crippen molar-refractivity contribution in [1.82, 2.24) is 9.97 Å².